The summed E-state index contributed by atoms with van der Waals surface area (Å²) in [6, 6.07) is 13.0. The van der Waals surface area contributed by atoms with E-state index in [4.69, 9.17) is 0 Å². The lowest BCUT2D eigenvalue weighted by molar-refractivity contribution is -0.129. The van der Waals surface area contributed by atoms with E-state index in [0.29, 0.717) is 18.8 Å². The van der Waals surface area contributed by atoms with Gasteiger partial charge in [0.05, 0.1) is 5.75 Å². The molecule has 2 aromatic rings. The number of nitrogens with one attached hydrogen (secondary N) is 1. The number of fused-ring (bicyclic) bond motifs is 1. The molecule has 0 aliphatic carbocycles. The predicted octanol–water partition coefficient (Wildman–Crippen LogP) is 2.84. The summed E-state index contributed by atoms with van der Waals surface area (Å²) in [4.78, 5) is 13.3. The summed E-state index contributed by atoms with van der Waals surface area (Å²) in [5.74, 6) is -0.0261. The molecule has 0 saturated carbocycles. The minimum atomic E-state index is -3.49. The highest BCUT2D eigenvalue weighted by Gasteiger charge is 2.19. The molecule has 1 aliphatic rings. The second-order valence-electron chi connectivity index (χ2n) is 6.52. The molecule has 1 amide bonds. The van der Waals surface area contributed by atoms with Crippen molar-refractivity contribution in [2.45, 2.75) is 32.6 Å². The van der Waals surface area contributed by atoms with Crippen LogP contribution in [0.4, 0.5) is 5.69 Å². The first-order valence-electron chi connectivity index (χ1n) is 8.26. The number of hydrogen-bond donors (Lipinski definition) is 1. The molecule has 2 aromatic carbocycles. The van der Waals surface area contributed by atoms with Crippen molar-refractivity contribution < 1.29 is 13.2 Å². The van der Waals surface area contributed by atoms with Crippen molar-refractivity contribution in [2.24, 2.45) is 0 Å². The molecule has 1 aliphatic heterocycles. The van der Waals surface area contributed by atoms with Crippen LogP contribution in [0, 0.1) is 6.92 Å². The Morgan fingerprint density at radius 3 is 2.68 bits per heavy atom. The first-order valence-corrected chi connectivity index (χ1v) is 9.91. The number of amides is 1. The fourth-order valence-corrected chi connectivity index (χ4v) is 4.30. The van der Waals surface area contributed by atoms with E-state index in [1.54, 1.807) is 17.9 Å². The molecule has 5 nitrogen and oxygen atoms in total. The number of hydrogen-bond acceptors (Lipinski definition) is 3. The largest absolute Gasteiger partial charge is 0.338 e. The molecule has 6 heteroatoms. The van der Waals surface area contributed by atoms with Crippen molar-refractivity contribution >= 4 is 21.6 Å². The first-order chi connectivity index (χ1) is 11.8. The van der Waals surface area contributed by atoms with E-state index in [1.807, 2.05) is 43.3 Å². The molecule has 0 spiro atoms. The average Bonchev–Trinajstić information content (AvgIpc) is 2.53. The summed E-state index contributed by atoms with van der Waals surface area (Å²) < 4.78 is 27.5. The van der Waals surface area contributed by atoms with E-state index >= 15 is 0 Å². The number of anilines is 1. The van der Waals surface area contributed by atoms with Gasteiger partial charge in [-0.25, -0.2) is 8.42 Å². The highest BCUT2D eigenvalue weighted by Crippen LogP contribution is 2.24. The van der Waals surface area contributed by atoms with Crippen LogP contribution in [-0.2, 0) is 33.5 Å². The summed E-state index contributed by atoms with van der Waals surface area (Å²) in [5, 5.41) is 0. The number of nitrogens with zero attached hydrogens (tertiary/aromatic N) is 1. The molecular formula is C19H22N2O3S. The monoisotopic (exact) mass is 358 g/mol. The van der Waals surface area contributed by atoms with E-state index < -0.39 is 10.0 Å². The van der Waals surface area contributed by atoms with Crippen LogP contribution >= 0.6 is 0 Å². The molecule has 0 unspecified atom stereocenters. The van der Waals surface area contributed by atoms with Crippen LogP contribution < -0.4 is 4.72 Å². The van der Waals surface area contributed by atoms with Gasteiger partial charge in [-0.2, -0.15) is 0 Å². The van der Waals surface area contributed by atoms with Gasteiger partial charge >= 0.3 is 0 Å². The maximum Gasteiger partial charge on any atom is 0.236 e. The second kappa shape index (κ2) is 6.88. The van der Waals surface area contributed by atoms with Gasteiger partial charge in [-0.1, -0.05) is 35.9 Å². The van der Waals surface area contributed by atoms with Crippen LogP contribution in [0.5, 0.6) is 0 Å². The molecule has 0 saturated heterocycles. The number of carbonyl (C=O) groups excluding carboxylic acids is 1. The van der Waals surface area contributed by atoms with Crippen LogP contribution in [0.25, 0.3) is 0 Å². The Morgan fingerprint density at radius 2 is 1.96 bits per heavy atom. The molecule has 3 rings (SSSR count). The van der Waals surface area contributed by atoms with Gasteiger partial charge in [-0.05, 0) is 42.2 Å². The van der Waals surface area contributed by atoms with Crippen LogP contribution in [0.2, 0.25) is 0 Å². The van der Waals surface area contributed by atoms with E-state index in [9.17, 15) is 13.2 Å². The van der Waals surface area contributed by atoms with Crippen molar-refractivity contribution in [3.8, 4) is 0 Å². The lowest BCUT2D eigenvalue weighted by Gasteiger charge is -2.28. The molecule has 0 radical (unpaired) electrons. The average molecular weight is 358 g/mol. The van der Waals surface area contributed by atoms with Crippen LogP contribution in [-0.4, -0.2) is 25.8 Å². The standard InChI is InChI=1S/C19H22N2O3S/c1-14-4-3-5-16(10-14)13-25(23,24)20-19-7-6-17-8-9-21(15(2)22)12-18(17)11-19/h3-7,10-11,20H,8-9,12-13H2,1-2H3. The highest BCUT2D eigenvalue weighted by atomic mass is 32.2. The quantitative estimate of drug-likeness (QED) is 0.914. The minimum absolute atomic E-state index is 0.0380. The Morgan fingerprint density at radius 1 is 1.16 bits per heavy atom. The Balaban J connectivity index is 1.76. The lowest BCUT2D eigenvalue weighted by Crippen LogP contribution is -2.34. The molecule has 0 fully saturated rings. The molecule has 1 heterocycles. The minimum Gasteiger partial charge on any atom is -0.338 e. The van der Waals surface area contributed by atoms with Crippen molar-refractivity contribution in [1.29, 1.82) is 0 Å². The summed E-state index contributed by atoms with van der Waals surface area (Å²) in [5.41, 5.74) is 4.49. The number of benzene rings is 2. The van der Waals surface area contributed by atoms with Gasteiger partial charge in [0.1, 0.15) is 0 Å². The van der Waals surface area contributed by atoms with Crippen molar-refractivity contribution in [1.82, 2.24) is 4.90 Å². The number of sulfonamides is 1. The van der Waals surface area contributed by atoms with Crippen LogP contribution in [0.15, 0.2) is 42.5 Å². The predicted molar refractivity (Wildman–Crippen MR) is 98.7 cm³/mol. The third-order valence-electron chi connectivity index (χ3n) is 4.38. The van der Waals surface area contributed by atoms with E-state index in [-0.39, 0.29) is 11.7 Å². The Bertz CT molecular complexity index is 907. The number of carbonyl (C=O) groups is 1. The molecule has 1 N–H and O–H groups in total. The highest BCUT2D eigenvalue weighted by molar-refractivity contribution is 7.91. The zero-order valence-corrected chi connectivity index (χ0v) is 15.3. The first kappa shape index (κ1) is 17.5. The summed E-state index contributed by atoms with van der Waals surface area (Å²) >= 11 is 0. The van der Waals surface area contributed by atoms with Gasteiger partial charge in [0.2, 0.25) is 15.9 Å². The molecule has 0 atom stereocenters. The zero-order valence-electron chi connectivity index (χ0n) is 14.5. The van der Waals surface area contributed by atoms with Crippen LogP contribution in [0.3, 0.4) is 0 Å². The second-order valence-corrected chi connectivity index (χ2v) is 8.25. The lowest BCUT2D eigenvalue weighted by atomic mass is 9.99. The summed E-state index contributed by atoms with van der Waals surface area (Å²) in [6.07, 6.45) is 0.797. The topological polar surface area (TPSA) is 66.5 Å². The maximum atomic E-state index is 12.4. The van der Waals surface area contributed by atoms with Gasteiger partial charge in [0.25, 0.3) is 0 Å². The third-order valence-corrected chi connectivity index (χ3v) is 5.64. The third kappa shape index (κ3) is 4.39. The normalized spacial score (nSPS) is 14.1. The van der Waals surface area contributed by atoms with E-state index in [1.165, 1.54) is 5.56 Å². The van der Waals surface area contributed by atoms with Gasteiger partial charge in [0, 0.05) is 25.7 Å². The molecular weight excluding hydrogens is 336 g/mol. The van der Waals surface area contributed by atoms with Gasteiger partial charge in [-0.15, -0.1) is 0 Å². The number of rotatable bonds is 4. The van der Waals surface area contributed by atoms with E-state index in [2.05, 4.69) is 4.72 Å². The Kier molecular flexibility index (Phi) is 4.81. The fraction of sp³-hybridized carbons (Fsp3) is 0.316. The van der Waals surface area contributed by atoms with Gasteiger partial charge < -0.3 is 4.90 Å². The Labute approximate surface area is 148 Å². The smallest absolute Gasteiger partial charge is 0.236 e. The van der Waals surface area contributed by atoms with Crippen molar-refractivity contribution in [2.75, 3.05) is 11.3 Å². The Hall–Kier alpha value is -2.34. The SMILES string of the molecule is CC(=O)N1CCc2ccc(NS(=O)(=O)Cc3cccc(C)c3)cc2C1. The molecule has 132 valence electrons. The molecule has 25 heavy (non-hydrogen) atoms. The summed E-state index contributed by atoms with van der Waals surface area (Å²) in [6.45, 7) is 4.73. The zero-order chi connectivity index (χ0) is 18.0. The number of aryl methyl sites for hydroxylation is 1. The maximum absolute atomic E-state index is 12.4. The van der Waals surface area contributed by atoms with Crippen LogP contribution in [0.1, 0.15) is 29.2 Å². The van der Waals surface area contributed by atoms with Crippen molar-refractivity contribution in [3.63, 3.8) is 0 Å². The molecule has 0 bridgehead atoms. The fourth-order valence-electron chi connectivity index (χ4n) is 3.13. The van der Waals surface area contributed by atoms with Crippen molar-refractivity contribution in [3.05, 3.63) is 64.7 Å². The molecule has 0 aromatic heterocycles. The van der Waals surface area contributed by atoms with Gasteiger partial charge in [0.15, 0.2) is 0 Å². The summed E-state index contributed by atoms with van der Waals surface area (Å²) in [7, 11) is -3.49. The van der Waals surface area contributed by atoms with Gasteiger partial charge in [-0.3, -0.25) is 9.52 Å². The van der Waals surface area contributed by atoms with E-state index in [0.717, 1.165) is 23.1 Å².